The summed E-state index contributed by atoms with van der Waals surface area (Å²) < 4.78 is 1.98. The van der Waals surface area contributed by atoms with Gasteiger partial charge in [0, 0.05) is 25.5 Å². The first-order chi connectivity index (χ1) is 9.70. The van der Waals surface area contributed by atoms with Crippen LogP contribution in [0.1, 0.15) is 22.3 Å². The van der Waals surface area contributed by atoms with Crippen molar-refractivity contribution in [2.75, 3.05) is 12.0 Å². The first-order valence-corrected chi connectivity index (χ1v) is 6.52. The third-order valence-electron chi connectivity index (χ3n) is 3.01. The fourth-order valence-electron chi connectivity index (χ4n) is 1.95. The molecule has 1 amide bonds. The van der Waals surface area contributed by atoms with Gasteiger partial charge in [0.05, 0.1) is 17.6 Å². The van der Waals surface area contributed by atoms with Crippen molar-refractivity contribution in [3.63, 3.8) is 0 Å². The molecule has 6 nitrogen and oxygen atoms in total. The number of nitrogens with zero attached hydrogens (tertiary/aromatic N) is 2. The quantitative estimate of drug-likeness (QED) is 0.421. The number of amides is 1. The van der Waals surface area contributed by atoms with E-state index in [-0.39, 0.29) is 5.91 Å². The second-order valence-electron chi connectivity index (χ2n) is 4.60. The van der Waals surface area contributed by atoms with Crippen LogP contribution in [0.5, 0.6) is 0 Å². The summed E-state index contributed by atoms with van der Waals surface area (Å²) in [6.07, 6.45) is 6.25. The minimum Gasteiger partial charge on any atom is -0.352 e. The topological polar surface area (TPSA) is 85.0 Å². The number of hydrogen-bond acceptors (Lipinski definition) is 4. The second kappa shape index (κ2) is 6.72. The highest BCUT2D eigenvalue weighted by Crippen LogP contribution is 2.16. The number of carbonyl (C=O) groups is 1. The number of carbonyl (C=O) groups excluding carboxylic acids is 1. The molecule has 0 saturated heterocycles. The Morgan fingerprint density at radius 1 is 1.45 bits per heavy atom. The first kappa shape index (κ1) is 14.1. The molecule has 0 spiro atoms. The van der Waals surface area contributed by atoms with Crippen LogP contribution in [-0.4, -0.2) is 22.0 Å². The summed E-state index contributed by atoms with van der Waals surface area (Å²) in [5, 5.41) is 2.89. The molecule has 106 valence electrons. The molecule has 0 fully saturated rings. The number of hydrazine groups is 1. The Hall–Kier alpha value is -2.34. The number of benzene rings is 1. The van der Waals surface area contributed by atoms with E-state index in [1.165, 1.54) is 0 Å². The van der Waals surface area contributed by atoms with Gasteiger partial charge in [-0.2, -0.15) is 0 Å². The number of aryl methyl sites for hydroxylation is 2. The van der Waals surface area contributed by atoms with Gasteiger partial charge in [-0.3, -0.25) is 10.6 Å². The maximum Gasteiger partial charge on any atom is 0.253 e. The standard InChI is InChI=1S/C14H19N5O/c1-11-3-4-12(13(9-11)18-15)14(20)17-5-2-7-19-8-6-16-10-19/h3-4,6,8-10,18H,2,5,7,15H2,1H3,(H,17,20). The predicted octanol–water partition coefficient (Wildman–Crippen LogP) is 1.30. The number of nitrogens with two attached hydrogens (primary N) is 1. The molecule has 0 aliphatic carbocycles. The highest BCUT2D eigenvalue weighted by molar-refractivity contribution is 5.99. The number of rotatable bonds is 6. The summed E-state index contributed by atoms with van der Waals surface area (Å²) >= 11 is 0. The van der Waals surface area contributed by atoms with Gasteiger partial charge in [0.15, 0.2) is 0 Å². The maximum absolute atomic E-state index is 12.1. The van der Waals surface area contributed by atoms with Gasteiger partial charge in [-0.15, -0.1) is 0 Å². The molecule has 2 rings (SSSR count). The van der Waals surface area contributed by atoms with Crippen LogP contribution in [0.2, 0.25) is 0 Å². The number of hydrogen-bond donors (Lipinski definition) is 3. The zero-order valence-corrected chi connectivity index (χ0v) is 11.5. The lowest BCUT2D eigenvalue weighted by molar-refractivity contribution is 0.0953. The highest BCUT2D eigenvalue weighted by atomic mass is 16.1. The summed E-state index contributed by atoms with van der Waals surface area (Å²) in [7, 11) is 0. The molecule has 1 heterocycles. The molecule has 6 heteroatoms. The van der Waals surface area contributed by atoms with Gasteiger partial charge < -0.3 is 15.3 Å². The SMILES string of the molecule is Cc1ccc(C(=O)NCCCn2ccnc2)c(NN)c1. The van der Waals surface area contributed by atoms with Gasteiger partial charge >= 0.3 is 0 Å². The Kier molecular flexibility index (Phi) is 4.73. The number of imidazole rings is 1. The Morgan fingerprint density at radius 3 is 3.00 bits per heavy atom. The normalized spacial score (nSPS) is 10.3. The van der Waals surface area contributed by atoms with Crippen LogP contribution in [0.25, 0.3) is 0 Å². The van der Waals surface area contributed by atoms with Crippen molar-refractivity contribution in [2.24, 2.45) is 5.84 Å². The van der Waals surface area contributed by atoms with E-state index in [0.29, 0.717) is 17.8 Å². The van der Waals surface area contributed by atoms with E-state index in [1.54, 1.807) is 18.6 Å². The molecule has 0 atom stereocenters. The number of nitrogens with one attached hydrogen (secondary N) is 2. The minimum atomic E-state index is -0.122. The molecule has 0 saturated carbocycles. The average molecular weight is 273 g/mol. The van der Waals surface area contributed by atoms with E-state index in [4.69, 9.17) is 5.84 Å². The van der Waals surface area contributed by atoms with E-state index in [1.807, 2.05) is 29.8 Å². The highest BCUT2D eigenvalue weighted by Gasteiger charge is 2.10. The van der Waals surface area contributed by atoms with Crippen molar-refractivity contribution >= 4 is 11.6 Å². The van der Waals surface area contributed by atoms with Crippen LogP contribution in [0.15, 0.2) is 36.9 Å². The third-order valence-corrected chi connectivity index (χ3v) is 3.01. The van der Waals surface area contributed by atoms with Crippen LogP contribution in [-0.2, 0) is 6.54 Å². The van der Waals surface area contributed by atoms with Crippen molar-refractivity contribution in [2.45, 2.75) is 19.9 Å². The van der Waals surface area contributed by atoms with Crippen LogP contribution in [0.4, 0.5) is 5.69 Å². The summed E-state index contributed by atoms with van der Waals surface area (Å²) in [4.78, 5) is 16.0. The molecule has 0 radical (unpaired) electrons. The lowest BCUT2D eigenvalue weighted by atomic mass is 10.1. The van der Waals surface area contributed by atoms with E-state index in [9.17, 15) is 4.79 Å². The fourth-order valence-corrected chi connectivity index (χ4v) is 1.95. The summed E-state index contributed by atoms with van der Waals surface area (Å²) in [6.45, 7) is 3.39. The molecule has 0 unspecified atom stereocenters. The van der Waals surface area contributed by atoms with Gasteiger partial charge in [-0.05, 0) is 31.0 Å². The van der Waals surface area contributed by atoms with Crippen LogP contribution >= 0.6 is 0 Å². The smallest absolute Gasteiger partial charge is 0.253 e. The Morgan fingerprint density at radius 2 is 2.30 bits per heavy atom. The average Bonchev–Trinajstić information content (AvgIpc) is 2.96. The summed E-state index contributed by atoms with van der Waals surface area (Å²) in [5.41, 5.74) is 4.80. The predicted molar refractivity (Wildman–Crippen MR) is 78.2 cm³/mol. The first-order valence-electron chi connectivity index (χ1n) is 6.52. The van der Waals surface area contributed by atoms with E-state index >= 15 is 0 Å². The summed E-state index contributed by atoms with van der Waals surface area (Å²) in [6, 6.07) is 5.51. The van der Waals surface area contributed by atoms with Gasteiger partial charge in [0.25, 0.3) is 5.91 Å². The summed E-state index contributed by atoms with van der Waals surface area (Å²) in [5.74, 6) is 5.31. The molecule has 2 aromatic rings. The van der Waals surface area contributed by atoms with Crippen LogP contribution in [0, 0.1) is 6.92 Å². The molecular formula is C14H19N5O. The molecular weight excluding hydrogens is 254 g/mol. The van der Waals surface area contributed by atoms with E-state index in [0.717, 1.165) is 18.5 Å². The van der Waals surface area contributed by atoms with Crippen LogP contribution < -0.4 is 16.6 Å². The zero-order chi connectivity index (χ0) is 14.4. The van der Waals surface area contributed by atoms with Crippen molar-refractivity contribution in [3.8, 4) is 0 Å². The molecule has 0 aliphatic rings. The third kappa shape index (κ3) is 3.58. The minimum absolute atomic E-state index is 0.122. The lowest BCUT2D eigenvalue weighted by Gasteiger charge is -2.10. The van der Waals surface area contributed by atoms with Gasteiger partial charge in [0.1, 0.15) is 0 Å². The van der Waals surface area contributed by atoms with Gasteiger partial charge in [-0.25, -0.2) is 4.98 Å². The molecule has 4 N–H and O–H groups in total. The Bertz CT molecular complexity index is 565. The van der Waals surface area contributed by atoms with Gasteiger partial charge in [0.2, 0.25) is 0 Å². The largest absolute Gasteiger partial charge is 0.352 e. The number of nitrogen functional groups attached to an aromatic ring is 1. The van der Waals surface area contributed by atoms with Crippen LogP contribution in [0.3, 0.4) is 0 Å². The van der Waals surface area contributed by atoms with Gasteiger partial charge in [-0.1, -0.05) is 6.07 Å². The molecule has 20 heavy (non-hydrogen) atoms. The monoisotopic (exact) mass is 273 g/mol. The van der Waals surface area contributed by atoms with Crippen molar-refractivity contribution in [3.05, 3.63) is 48.0 Å². The maximum atomic E-state index is 12.1. The molecule has 1 aromatic carbocycles. The molecule has 1 aromatic heterocycles. The Labute approximate surface area is 118 Å². The zero-order valence-electron chi connectivity index (χ0n) is 11.5. The lowest BCUT2D eigenvalue weighted by Crippen LogP contribution is -2.26. The molecule has 0 aliphatic heterocycles. The molecule has 0 bridgehead atoms. The number of aromatic nitrogens is 2. The van der Waals surface area contributed by atoms with E-state index in [2.05, 4.69) is 15.7 Å². The van der Waals surface area contributed by atoms with Crippen molar-refractivity contribution in [1.29, 1.82) is 0 Å². The fraction of sp³-hybridized carbons (Fsp3) is 0.286. The van der Waals surface area contributed by atoms with E-state index < -0.39 is 0 Å². The second-order valence-corrected chi connectivity index (χ2v) is 4.60. The van der Waals surface area contributed by atoms with Crippen molar-refractivity contribution < 1.29 is 4.79 Å². The number of anilines is 1. The Balaban J connectivity index is 1.85. The van der Waals surface area contributed by atoms with Crippen molar-refractivity contribution in [1.82, 2.24) is 14.9 Å².